The van der Waals surface area contributed by atoms with Crippen molar-refractivity contribution in [1.29, 1.82) is 0 Å². The Hall–Kier alpha value is -0.120. The van der Waals surface area contributed by atoms with Gasteiger partial charge in [0, 0.05) is 6.42 Å². The average molecular weight is 383 g/mol. The van der Waals surface area contributed by atoms with Crippen LogP contribution in [0.15, 0.2) is 22.7 Å². The van der Waals surface area contributed by atoms with Crippen LogP contribution in [-0.4, -0.2) is 23.4 Å². The summed E-state index contributed by atoms with van der Waals surface area (Å²) in [6.45, 7) is 7.55. The van der Waals surface area contributed by atoms with Crippen LogP contribution >= 0.6 is 15.9 Å². The molecule has 6 atom stereocenters. The van der Waals surface area contributed by atoms with Gasteiger partial charge in [-0.15, -0.1) is 0 Å². The van der Waals surface area contributed by atoms with Gasteiger partial charge < -0.3 is 9.84 Å². The van der Waals surface area contributed by atoms with Gasteiger partial charge in [-0.25, -0.2) is 0 Å². The second kappa shape index (κ2) is 6.65. The summed E-state index contributed by atoms with van der Waals surface area (Å²) < 4.78 is 6.12. The largest absolute Gasteiger partial charge is 0.386 e. The standard InChI is InChI=1S/C20H31BrO2/c1-14(13-23-16-8-10-19(2,22)11-16)17-6-7-18-15(12-21)5-4-9-20(17,18)3/h8,10,12,14,16-18,22H,4-7,9,11,13H2,1-3H3/b15-12+/t14-,16-,17+,18?,19+,20+/m0/s1. The summed E-state index contributed by atoms with van der Waals surface area (Å²) in [5.74, 6) is 2.09. The topological polar surface area (TPSA) is 29.5 Å². The normalized spacial score (nSPS) is 46.3. The lowest BCUT2D eigenvalue weighted by Crippen LogP contribution is -2.37. The van der Waals surface area contributed by atoms with Crippen molar-refractivity contribution >= 4 is 15.9 Å². The molecule has 3 rings (SSSR count). The number of hydrogen-bond acceptors (Lipinski definition) is 2. The first-order valence-electron chi connectivity index (χ1n) is 9.18. The zero-order valence-electron chi connectivity index (χ0n) is 14.7. The maximum atomic E-state index is 10.0. The molecule has 1 N–H and O–H groups in total. The highest BCUT2D eigenvalue weighted by molar-refractivity contribution is 9.11. The smallest absolute Gasteiger partial charge is 0.0828 e. The van der Waals surface area contributed by atoms with E-state index in [0.29, 0.717) is 17.8 Å². The minimum Gasteiger partial charge on any atom is -0.386 e. The molecule has 1 unspecified atom stereocenters. The number of rotatable bonds is 4. The number of aliphatic hydroxyl groups is 1. The van der Waals surface area contributed by atoms with E-state index in [2.05, 4.69) is 34.8 Å². The fraction of sp³-hybridized carbons (Fsp3) is 0.800. The quantitative estimate of drug-likeness (QED) is 0.675. The van der Waals surface area contributed by atoms with E-state index in [1.807, 2.05) is 19.1 Å². The molecule has 0 heterocycles. The molecule has 0 spiro atoms. The molecule has 130 valence electrons. The Balaban J connectivity index is 1.60. The van der Waals surface area contributed by atoms with E-state index in [0.717, 1.165) is 18.4 Å². The molecule has 23 heavy (non-hydrogen) atoms. The van der Waals surface area contributed by atoms with Gasteiger partial charge in [0.15, 0.2) is 0 Å². The average Bonchev–Trinajstić information content (AvgIpc) is 3.03. The molecule has 2 saturated carbocycles. The van der Waals surface area contributed by atoms with Gasteiger partial charge in [-0.05, 0) is 67.2 Å². The van der Waals surface area contributed by atoms with E-state index in [9.17, 15) is 5.11 Å². The highest BCUT2D eigenvalue weighted by atomic mass is 79.9. The fourth-order valence-electron chi connectivity index (χ4n) is 5.51. The first-order chi connectivity index (χ1) is 10.9. The Labute approximate surface area is 149 Å². The Morgan fingerprint density at radius 3 is 2.87 bits per heavy atom. The van der Waals surface area contributed by atoms with Gasteiger partial charge in [0.1, 0.15) is 0 Å². The van der Waals surface area contributed by atoms with Crippen molar-refractivity contribution in [1.82, 2.24) is 0 Å². The molecule has 0 aromatic heterocycles. The van der Waals surface area contributed by atoms with Crippen molar-refractivity contribution < 1.29 is 9.84 Å². The van der Waals surface area contributed by atoms with Crippen LogP contribution in [0.25, 0.3) is 0 Å². The number of ether oxygens (including phenoxy) is 1. The van der Waals surface area contributed by atoms with Crippen LogP contribution in [0.3, 0.4) is 0 Å². The second-order valence-electron chi connectivity index (χ2n) is 8.55. The summed E-state index contributed by atoms with van der Waals surface area (Å²) >= 11 is 3.60. The van der Waals surface area contributed by atoms with Crippen LogP contribution in [0, 0.1) is 23.2 Å². The fourth-order valence-corrected chi connectivity index (χ4v) is 6.06. The van der Waals surface area contributed by atoms with Gasteiger partial charge >= 0.3 is 0 Å². The zero-order chi connectivity index (χ0) is 16.7. The van der Waals surface area contributed by atoms with Gasteiger partial charge in [0.05, 0.1) is 18.3 Å². The van der Waals surface area contributed by atoms with Crippen molar-refractivity contribution in [3.05, 3.63) is 22.7 Å². The van der Waals surface area contributed by atoms with E-state index in [1.165, 1.54) is 32.1 Å². The van der Waals surface area contributed by atoms with Gasteiger partial charge in [0.2, 0.25) is 0 Å². The van der Waals surface area contributed by atoms with Crippen LogP contribution in [0.1, 0.15) is 59.3 Å². The zero-order valence-corrected chi connectivity index (χ0v) is 16.3. The molecule has 0 amide bonds. The summed E-state index contributed by atoms with van der Waals surface area (Å²) in [4.78, 5) is 2.20. The Morgan fingerprint density at radius 2 is 2.22 bits per heavy atom. The van der Waals surface area contributed by atoms with Crippen LogP contribution in [0.4, 0.5) is 0 Å². The van der Waals surface area contributed by atoms with Crippen LogP contribution in [0.2, 0.25) is 0 Å². The lowest BCUT2D eigenvalue weighted by Gasteiger charge is -2.44. The summed E-state index contributed by atoms with van der Waals surface area (Å²) in [7, 11) is 0. The summed E-state index contributed by atoms with van der Waals surface area (Å²) in [5, 5.41) is 10.0. The van der Waals surface area contributed by atoms with Crippen LogP contribution in [0.5, 0.6) is 0 Å². The number of hydrogen-bond donors (Lipinski definition) is 1. The molecule has 0 aliphatic heterocycles. The molecule has 0 saturated heterocycles. The summed E-state index contributed by atoms with van der Waals surface area (Å²) in [5.41, 5.74) is 1.39. The Kier molecular flexibility index (Phi) is 5.11. The van der Waals surface area contributed by atoms with E-state index in [-0.39, 0.29) is 6.10 Å². The summed E-state index contributed by atoms with van der Waals surface area (Å²) in [6, 6.07) is 0. The monoisotopic (exact) mass is 382 g/mol. The number of halogens is 1. The van der Waals surface area contributed by atoms with E-state index < -0.39 is 5.60 Å². The summed E-state index contributed by atoms with van der Waals surface area (Å²) in [6.07, 6.45) is 11.3. The van der Waals surface area contributed by atoms with Gasteiger partial charge in [-0.2, -0.15) is 0 Å². The Bertz CT molecular complexity index is 496. The number of allylic oxidation sites excluding steroid dienone is 1. The minimum absolute atomic E-state index is 0.0850. The highest BCUT2D eigenvalue weighted by Gasteiger charge is 2.50. The molecular weight excluding hydrogens is 352 g/mol. The highest BCUT2D eigenvalue weighted by Crippen LogP contribution is 2.59. The molecule has 2 nitrogen and oxygen atoms in total. The van der Waals surface area contributed by atoms with Crippen molar-refractivity contribution in [3.8, 4) is 0 Å². The predicted molar refractivity (Wildman–Crippen MR) is 98.5 cm³/mol. The molecule has 0 radical (unpaired) electrons. The lowest BCUT2D eigenvalue weighted by atomic mass is 9.61. The lowest BCUT2D eigenvalue weighted by molar-refractivity contribution is -0.00791. The first kappa shape index (κ1) is 17.7. The molecule has 0 aromatic rings. The van der Waals surface area contributed by atoms with Crippen LogP contribution < -0.4 is 0 Å². The predicted octanol–water partition coefficient (Wildman–Crippen LogP) is 5.21. The van der Waals surface area contributed by atoms with Crippen molar-refractivity contribution in [2.24, 2.45) is 23.2 Å². The molecular formula is C20H31BrO2. The molecule has 0 bridgehead atoms. The third-order valence-electron chi connectivity index (χ3n) is 6.72. The molecule has 2 fully saturated rings. The third kappa shape index (κ3) is 3.48. The van der Waals surface area contributed by atoms with Gasteiger partial charge in [-0.1, -0.05) is 47.5 Å². The SMILES string of the molecule is C[C@@H](CO[C@H]1C=C[C@@](C)(O)C1)[C@H]1CCC2/C(=C/Br)CCC[C@@]21C. The molecule has 3 aliphatic carbocycles. The van der Waals surface area contributed by atoms with Crippen LogP contribution in [-0.2, 0) is 4.74 Å². The number of fused-ring (bicyclic) bond motifs is 1. The van der Waals surface area contributed by atoms with Crippen molar-refractivity contribution in [2.45, 2.75) is 71.0 Å². The molecule has 3 heteroatoms. The minimum atomic E-state index is -0.683. The van der Waals surface area contributed by atoms with Crippen molar-refractivity contribution in [3.63, 3.8) is 0 Å². The van der Waals surface area contributed by atoms with E-state index in [1.54, 1.807) is 5.57 Å². The van der Waals surface area contributed by atoms with E-state index >= 15 is 0 Å². The van der Waals surface area contributed by atoms with Gasteiger partial charge in [0.25, 0.3) is 0 Å². The molecule has 3 aliphatic rings. The van der Waals surface area contributed by atoms with E-state index in [4.69, 9.17) is 4.74 Å². The maximum absolute atomic E-state index is 10.0. The van der Waals surface area contributed by atoms with Gasteiger partial charge in [-0.3, -0.25) is 0 Å². The third-order valence-corrected chi connectivity index (χ3v) is 7.31. The molecule has 0 aromatic carbocycles. The Morgan fingerprint density at radius 1 is 1.43 bits per heavy atom. The first-order valence-corrected chi connectivity index (χ1v) is 10.1. The van der Waals surface area contributed by atoms with Crippen molar-refractivity contribution in [2.75, 3.05) is 6.61 Å². The maximum Gasteiger partial charge on any atom is 0.0828 e. The second-order valence-corrected chi connectivity index (χ2v) is 9.01.